The number of hydrazine groups is 1. The van der Waals surface area contributed by atoms with Gasteiger partial charge in [-0.25, -0.2) is 9.80 Å². The van der Waals surface area contributed by atoms with Crippen molar-refractivity contribution in [1.29, 1.82) is 5.26 Å². The van der Waals surface area contributed by atoms with E-state index in [2.05, 4.69) is 20.6 Å². The van der Waals surface area contributed by atoms with E-state index in [4.69, 9.17) is 10.00 Å². The molecule has 0 unspecified atom stereocenters. The van der Waals surface area contributed by atoms with Gasteiger partial charge >= 0.3 is 5.97 Å². The van der Waals surface area contributed by atoms with Gasteiger partial charge in [0.15, 0.2) is 5.57 Å². The Kier molecular flexibility index (Phi) is 3.81. The molecule has 0 saturated heterocycles. The number of carbonyl (C=O) groups excluding carboxylic acids is 1. The third kappa shape index (κ3) is 2.37. The molecule has 0 atom stereocenters. The van der Waals surface area contributed by atoms with E-state index < -0.39 is 5.97 Å². The van der Waals surface area contributed by atoms with Crippen LogP contribution in [0.25, 0.3) is 0 Å². The van der Waals surface area contributed by atoms with Crippen LogP contribution in [0.15, 0.2) is 46.0 Å². The molecule has 0 saturated carbocycles. The maximum Gasteiger partial charge on any atom is 0.352 e. The summed E-state index contributed by atoms with van der Waals surface area (Å²) in [6.07, 6.45) is 0. The molecule has 1 aliphatic heterocycles. The summed E-state index contributed by atoms with van der Waals surface area (Å²) >= 11 is 0. The SMILES string of the molecule is COC(=O)/C(C#N)=C1\N=NNN1c1ccc(OC)cc1. The summed E-state index contributed by atoms with van der Waals surface area (Å²) in [5.74, 6) is -0.0194. The zero-order chi connectivity index (χ0) is 14.5. The smallest absolute Gasteiger partial charge is 0.352 e. The Balaban J connectivity index is 2.39. The van der Waals surface area contributed by atoms with Gasteiger partial charge in [-0.1, -0.05) is 5.22 Å². The average molecular weight is 273 g/mol. The second kappa shape index (κ2) is 5.71. The molecule has 0 bridgehead atoms. The molecule has 0 fully saturated rings. The Morgan fingerprint density at radius 3 is 2.60 bits per heavy atom. The van der Waals surface area contributed by atoms with Crippen LogP contribution in [0.4, 0.5) is 5.69 Å². The molecule has 2 rings (SSSR count). The summed E-state index contributed by atoms with van der Waals surface area (Å²) in [6, 6.07) is 8.69. The van der Waals surface area contributed by atoms with Crippen LogP contribution in [0.3, 0.4) is 0 Å². The van der Waals surface area contributed by atoms with Crippen LogP contribution in [0.5, 0.6) is 5.75 Å². The molecule has 1 heterocycles. The van der Waals surface area contributed by atoms with E-state index in [-0.39, 0.29) is 11.4 Å². The van der Waals surface area contributed by atoms with Crippen molar-refractivity contribution < 1.29 is 14.3 Å². The third-order valence-corrected chi connectivity index (χ3v) is 2.56. The fourth-order valence-electron chi connectivity index (χ4n) is 1.57. The van der Waals surface area contributed by atoms with Crippen molar-refractivity contribution in [2.24, 2.45) is 10.3 Å². The first-order valence-corrected chi connectivity index (χ1v) is 5.54. The fourth-order valence-corrected chi connectivity index (χ4v) is 1.57. The van der Waals surface area contributed by atoms with Gasteiger partial charge in [-0.15, -0.1) is 5.11 Å². The quantitative estimate of drug-likeness (QED) is 0.506. The monoisotopic (exact) mass is 273 g/mol. The average Bonchev–Trinajstić information content (AvgIpc) is 2.97. The molecule has 0 aliphatic carbocycles. The van der Waals surface area contributed by atoms with Gasteiger partial charge in [0.1, 0.15) is 11.8 Å². The predicted molar refractivity (Wildman–Crippen MR) is 68.1 cm³/mol. The molecule has 0 aromatic heterocycles. The van der Waals surface area contributed by atoms with E-state index in [9.17, 15) is 4.79 Å². The first-order valence-electron chi connectivity index (χ1n) is 5.54. The Bertz CT molecular complexity index is 615. The number of methoxy groups -OCH3 is 2. The lowest BCUT2D eigenvalue weighted by molar-refractivity contribution is -0.135. The zero-order valence-electron chi connectivity index (χ0n) is 10.8. The van der Waals surface area contributed by atoms with E-state index in [0.29, 0.717) is 11.4 Å². The third-order valence-electron chi connectivity index (χ3n) is 2.56. The number of rotatable bonds is 3. The minimum absolute atomic E-state index is 0.0736. The van der Waals surface area contributed by atoms with Gasteiger partial charge in [0, 0.05) is 0 Å². The van der Waals surface area contributed by atoms with Crippen molar-refractivity contribution in [3.05, 3.63) is 35.7 Å². The van der Waals surface area contributed by atoms with Crippen molar-refractivity contribution in [3.63, 3.8) is 0 Å². The molecule has 1 aromatic rings. The molecule has 102 valence electrons. The van der Waals surface area contributed by atoms with Crippen LogP contribution in [0.1, 0.15) is 0 Å². The van der Waals surface area contributed by atoms with Crippen LogP contribution in [0.2, 0.25) is 0 Å². The van der Waals surface area contributed by atoms with Crippen molar-refractivity contribution >= 4 is 11.7 Å². The number of nitriles is 1. The first kappa shape index (κ1) is 13.4. The van der Waals surface area contributed by atoms with E-state index in [1.54, 1.807) is 37.4 Å². The largest absolute Gasteiger partial charge is 0.497 e. The number of anilines is 1. The lowest BCUT2D eigenvalue weighted by Gasteiger charge is -2.17. The molecule has 0 amide bonds. The highest BCUT2D eigenvalue weighted by atomic mass is 16.5. The Hall–Kier alpha value is -3.08. The predicted octanol–water partition coefficient (Wildman–Crippen LogP) is 1.30. The second-order valence-corrected chi connectivity index (χ2v) is 3.64. The number of esters is 1. The maximum absolute atomic E-state index is 11.5. The Labute approximate surface area is 114 Å². The van der Waals surface area contributed by atoms with E-state index >= 15 is 0 Å². The van der Waals surface area contributed by atoms with Crippen LogP contribution in [-0.4, -0.2) is 20.2 Å². The number of carbonyl (C=O) groups is 1. The summed E-state index contributed by atoms with van der Waals surface area (Å²) in [4.78, 5) is 11.5. The molecule has 1 N–H and O–H groups in total. The minimum Gasteiger partial charge on any atom is -0.497 e. The summed E-state index contributed by atoms with van der Waals surface area (Å²) in [6.45, 7) is 0. The summed E-state index contributed by atoms with van der Waals surface area (Å²) in [7, 11) is 2.75. The number of nitrogens with one attached hydrogen (secondary N) is 1. The minimum atomic E-state index is -0.774. The number of nitrogens with zero attached hydrogens (tertiary/aromatic N) is 4. The Morgan fingerprint density at radius 2 is 2.05 bits per heavy atom. The molecule has 20 heavy (non-hydrogen) atoms. The lowest BCUT2D eigenvalue weighted by atomic mass is 10.2. The zero-order valence-corrected chi connectivity index (χ0v) is 10.8. The molecule has 8 nitrogen and oxygen atoms in total. The molecule has 1 aliphatic rings. The van der Waals surface area contributed by atoms with Crippen molar-refractivity contribution in [3.8, 4) is 11.8 Å². The number of ether oxygens (including phenoxy) is 2. The molecular formula is C12H11N5O3. The van der Waals surface area contributed by atoms with E-state index in [1.165, 1.54) is 12.1 Å². The second-order valence-electron chi connectivity index (χ2n) is 3.64. The van der Waals surface area contributed by atoms with Crippen molar-refractivity contribution in [2.75, 3.05) is 19.2 Å². The van der Waals surface area contributed by atoms with Gasteiger partial charge in [-0.2, -0.15) is 10.8 Å². The highest BCUT2D eigenvalue weighted by molar-refractivity contribution is 5.94. The standard InChI is InChI=1S/C12H11N5O3/c1-19-9-5-3-8(4-6-9)17-11(14-15-16-17)10(7-13)12(18)20-2/h3-6H,1-2H3,(H,14,16)/b11-10+. The normalized spacial score (nSPS) is 15.3. The van der Waals surface area contributed by atoms with Gasteiger partial charge in [-0.3, -0.25) is 0 Å². The van der Waals surface area contributed by atoms with Crippen LogP contribution >= 0.6 is 0 Å². The van der Waals surface area contributed by atoms with Gasteiger partial charge in [0.25, 0.3) is 0 Å². The van der Waals surface area contributed by atoms with Gasteiger partial charge in [0.05, 0.1) is 19.9 Å². The molecule has 0 spiro atoms. The van der Waals surface area contributed by atoms with E-state index in [0.717, 1.165) is 0 Å². The topological polar surface area (TPSA) is 99.3 Å². The summed E-state index contributed by atoms with van der Waals surface area (Å²) in [5.41, 5.74) is 2.99. The van der Waals surface area contributed by atoms with E-state index in [1.807, 2.05) is 0 Å². The maximum atomic E-state index is 11.5. The van der Waals surface area contributed by atoms with Crippen molar-refractivity contribution in [2.45, 2.75) is 0 Å². The first-order chi connectivity index (χ1) is 9.71. The number of hydrogen-bond acceptors (Lipinski definition) is 8. The lowest BCUT2D eigenvalue weighted by Crippen LogP contribution is -2.29. The summed E-state index contributed by atoms with van der Waals surface area (Å²) < 4.78 is 9.60. The number of hydrogen-bond donors (Lipinski definition) is 1. The van der Waals surface area contributed by atoms with Crippen LogP contribution in [-0.2, 0) is 9.53 Å². The van der Waals surface area contributed by atoms with Gasteiger partial charge in [-0.05, 0) is 24.3 Å². The summed E-state index contributed by atoms with van der Waals surface area (Å²) in [5, 5.41) is 17.8. The molecule has 1 aromatic carbocycles. The van der Waals surface area contributed by atoms with Gasteiger partial charge in [0.2, 0.25) is 5.82 Å². The molecule has 8 heteroatoms. The molecule has 0 radical (unpaired) electrons. The highest BCUT2D eigenvalue weighted by Crippen LogP contribution is 2.26. The number of benzene rings is 1. The Morgan fingerprint density at radius 1 is 1.35 bits per heavy atom. The fraction of sp³-hybridized carbons (Fsp3) is 0.167. The van der Waals surface area contributed by atoms with Crippen molar-refractivity contribution in [1.82, 2.24) is 5.53 Å². The van der Waals surface area contributed by atoms with Crippen LogP contribution in [0, 0.1) is 11.3 Å². The highest BCUT2D eigenvalue weighted by Gasteiger charge is 2.26. The molecular weight excluding hydrogens is 262 g/mol. The van der Waals surface area contributed by atoms with Gasteiger partial charge < -0.3 is 9.47 Å². The van der Waals surface area contributed by atoms with Crippen LogP contribution < -0.4 is 15.3 Å².